The first-order chi connectivity index (χ1) is 13.2. The Hall–Kier alpha value is -1.71. The Kier molecular flexibility index (Phi) is 7.42. The van der Waals surface area contributed by atoms with Crippen molar-refractivity contribution in [1.82, 2.24) is 5.32 Å². The van der Waals surface area contributed by atoms with Crippen LogP contribution in [0.15, 0.2) is 36.4 Å². The molecule has 146 valence electrons. The Morgan fingerprint density at radius 2 is 1.81 bits per heavy atom. The van der Waals surface area contributed by atoms with Crippen molar-refractivity contribution in [3.8, 4) is 11.5 Å². The van der Waals surface area contributed by atoms with Crippen molar-refractivity contribution in [3.05, 3.63) is 58.1 Å². The lowest BCUT2D eigenvalue weighted by Crippen LogP contribution is -2.28. The van der Waals surface area contributed by atoms with E-state index < -0.39 is 0 Å². The number of rotatable bonds is 7. The third-order valence-electron chi connectivity index (χ3n) is 5.25. The third kappa shape index (κ3) is 5.88. The van der Waals surface area contributed by atoms with Gasteiger partial charge in [-0.15, -0.1) is 0 Å². The fourth-order valence-electron chi connectivity index (χ4n) is 3.69. The maximum Gasteiger partial charge on any atom is 0.163 e. The molecule has 2 aromatic rings. The summed E-state index contributed by atoms with van der Waals surface area (Å²) >= 11 is 6.54. The zero-order valence-corrected chi connectivity index (χ0v) is 17.1. The topological polar surface area (TPSA) is 30.5 Å². The molecular weight excluding hydrogens is 358 g/mol. The second-order valence-corrected chi connectivity index (χ2v) is 7.85. The van der Waals surface area contributed by atoms with Crippen LogP contribution in [0.3, 0.4) is 0 Å². The first-order valence-electron chi connectivity index (χ1n) is 9.94. The lowest BCUT2D eigenvalue weighted by atomic mass is 10.1. The van der Waals surface area contributed by atoms with E-state index in [1.54, 1.807) is 7.11 Å². The summed E-state index contributed by atoms with van der Waals surface area (Å²) in [5.74, 6) is 1.41. The molecule has 0 spiro atoms. The summed E-state index contributed by atoms with van der Waals surface area (Å²) in [6.45, 7) is 3.34. The van der Waals surface area contributed by atoms with Gasteiger partial charge in [0, 0.05) is 23.7 Å². The molecule has 0 amide bonds. The average Bonchev–Trinajstić information content (AvgIpc) is 2.94. The minimum atomic E-state index is 0.494. The van der Waals surface area contributed by atoms with Gasteiger partial charge in [0.15, 0.2) is 11.5 Å². The van der Waals surface area contributed by atoms with E-state index in [1.165, 1.54) is 44.1 Å². The number of benzene rings is 2. The highest BCUT2D eigenvalue weighted by Gasteiger charge is 2.15. The molecule has 1 saturated carbocycles. The standard InChI is InChI=1S/C23H30ClNO2/c1-17-8-7-9-18(12-17)16-27-23-14-21(24)19(13-22(23)26-2)15-25-20-10-5-3-4-6-11-20/h7-9,12-14,20,25H,3-6,10-11,15-16H2,1-2H3. The van der Waals surface area contributed by atoms with Gasteiger partial charge >= 0.3 is 0 Å². The molecule has 1 aliphatic rings. The second-order valence-electron chi connectivity index (χ2n) is 7.44. The predicted octanol–water partition coefficient (Wildman–Crippen LogP) is 6.05. The Balaban J connectivity index is 1.65. The van der Waals surface area contributed by atoms with Gasteiger partial charge in [0.2, 0.25) is 0 Å². The fourth-order valence-corrected chi connectivity index (χ4v) is 3.91. The highest BCUT2D eigenvalue weighted by atomic mass is 35.5. The minimum absolute atomic E-state index is 0.494. The van der Waals surface area contributed by atoms with E-state index in [-0.39, 0.29) is 0 Å². The maximum atomic E-state index is 6.54. The largest absolute Gasteiger partial charge is 0.493 e. The maximum absolute atomic E-state index is 6.54. The molecule has 0 saturated heterocycles. The molecule has 0 unspecified atom stereocenters. The van der Waals surface area contributed by atoms with E-state index in [0.717, 1.165) is 28.4 Å². The quantitative estimate of drug-likeness (QED) is 0.586. The van der Waals surface area contributed by atoms with Gasteiger partial charge in [0.1, 0.15) is 6.61 Å². The molecular formula is C23H30ClNO2. The molecule has 1 N–H and O–H groups in total. The number of hydrogen-bond donors (Lipinski definition) is 1. The summed E-state index contributed by atoms with van der Waals surface area (Å²) in [5.41, 5.74) is 3.41. The van der Waals surface area contributed by atoms with Gasteiger partial charge in [-0.1, -0.05) is 67.1 Å². The van der Waals surface area contributed by atoms with Gasteiger partial charge in [-0.25, -0.2) is 0 Å². The first-order valence-corrected chi connectivity index (χ1v) is 10.3. The van der Waals surface area contributed by atoms with E-state index in [4.69, 9.17) is 21.1 Å². The summed E-state index contributed by atoms with van der Waals surface area (Å²) in [5, 5.41) is 4.39. The number of aryl methyl sites for hydroxylation is 1. The second kappa shape index (κ2) is 10.0. The lowest BCUT2D eigenvalue weighted by Gasteiger charge is -2.18. The molecule has 1 fully saturated rings. The molecule has 3 rings (SSSR count). The van der Waals surface area contributed by atoms with Crippen LogP contribution in [0, 0.1) is 6.92 Å². The van der Waals surface area contributed by atoms with Crippen LogP contribution >= 0.6 is 11.6 Å². The number of methoxy groups -OCH3 is 1. The van der Waals surface area contributed by atoms with Crippen molar-refractivity contribution in [1.29, 1.82) is 0 Å². The monoisotopic (exact) mass is 387 g/mol. The zero-order valence-electron chi connectivity index (χ0n) is 16.4. The first kappa shape index (κ1) is 20.0. The van der Waals surface area contributed by atoms with Crippen molar-refractivity contribution >= 4 is 11.6 Å². The minimum Gasteiger partial charge on any atom is -0.493 e. The molecule has 0 atom stereocenters. The van der Waals surface area contributed by atoms with Crippen molar-refractivity contribution in [2.75, 3.05) is 7.11 Å². The van der Waals surface area contributed by atoms with Crippen LogP contribution < -0.4 is 14.8 Å². The van der Waals surface area contributed by atoms with Crippen LogP contribution in [0.1, 0.15) is 55.2 Å². The SMILES string of the molecule is COc1cc(CNC2CCCCCC2)c(Cl)cc1OCc1cccc(C)c1. The summed E-state index contributed by atoms with van der Waals surface area (Å²) in [4.78, 5) is 0. The van der Waals surface area contributed by atoms with Crippen LogP contribution in [-0.2, 0) is 13.2 Å². The van der Waals surface area contributed by atoms with Crippen LogP contribution in [0.4, 0.5) is 0 Å². The third-order valence-corrected chi connectivity index (χ3v) is 5.60. The van der Waals surface area contributed by atoms with E-state index in [9.17, 15) is 0 Å². The average molecular weight is 388 g/mol. The molecule has 0 radical (unpaired) electrons. The predicted molar refractivity (Wildman–Crippen MR) is 112 cm³/mol. The van der Waals surface area contributed by atoms with Crippen molar-refractivity contribution in [2.45, 2.75) is 64.6 Å². The molecule has 0 aromatic heterocycles. The summed E-state index contributed by atoms with van der Waals surface area (Å²) in [6.07, 6.45) is 7.87. The Morgan fingerprint density at radius 1 is 1.04 bits per heavy atom. The number of halogens is 1. The zero-order chi connectivity index (χ0) is 19.1. The molecule has 3 nitrogen and oxygen atoms in total. The van der Waals surface area contributed by atoms with E-state index in [0.29, 0.717) is 18.4 Å². The van der Waals surface area contributed by atoms with E-state index in [1.807, 2.05) is 18.2 Å². The van der Waals surface area contributed by atoms with E-state index in [2.05, 4.69) is 30.4 Å². The molecule has 1 aliphatic carbocycles. The van der Waals surface area contributed by atoms with Crippen molar-refractivity contribution < 1.29 is 9.47 Å². The highest BCUT2D eigenvalue weighted by molar-refractivity contribution is 6.31. The number of nitrogens with one attached hydrogen (secondary N) is 1. The van der Waals surface area contributed by atoms with Gasteiger partial charge in [-0.05, 0) is 37.0 Å². The molecule has 0 bridgehead atoms. The smallest absolute Gasteiger partial charge is 0.163 e. The van der Waals surface area contributed by atoms with Gasteiger partial charge < -0.3 is 14.8 Å². The Bertz CT molecular complexity index is 739. The fraction of sp³-hybridized carbons (Fsp3) is 0.478. The van der Waals surface area contributed by atoms with Gasteiger partial charge in [0.05, 0.1) is 7.11 Å². The normalized spacial score (nSPS) is 15.4. The highest BCUT2D eigenvalue weighted by Crippen LogP contribution is 2.34. The van der Waals surface area contributed by atoms with Gasteiger partial charge in [-0.2, -0.15) is 0 Å². The molecule has 0 heterocycles. The molecule has 4 heteroatoms. The van der Waals surface area contributed by atoms with Crippen LogP contribution in [0.2, 0.25) is 5.02 Å². The van der Waals surface area contributed by atoms with Crippen molar-refractivity contribution in [3.63, 3.8) is 0 Å². The number of ether oxygens (including phenoxy) is 2. The summed E-state index contributed by atoms with van der Waals surface area (Å²) < 4.78 is 11.5. The van der Waals surface area contributed by atoms with Gasteiger partial charge in [0.25, 0.3) is 0 Å². The lowest BCUT2D eigenvalue weighted by molar-refractivity contribution is 0.284. The summed E-state index contributed by atoms with van der Waals surface area (Å²) in [7, 11) is 1.67. The van der Waals surface area contributed by atoms with Crippen LogP contribution in [-0.4, -0.2) is 13.2 Å². The van der Waals surface area contributed by atoms with Crippen molar-refractivity contribution in [2.24, 2.45) is 0 Å². The molecule has 0 aliphatic heterocycles. The Labute approximate surface area is 168 Å². The Morgan fingerprint density at radius 3 is 2.52 bits per heavy atom. The summed E-state index contributed by atoms with van der Waals surface area (Å²) in [6, 6.07) is 12.8. The van der Waals surface area contributed by atoms with Crippen LogP contribution in [0.5, 0.6) is 11.5 Å². The van der Waals surface area contributed by atoms with E-state index >= 15 is 0 Å². The van der Waals surface area contributed by atoms with Gasteiger partial charge in [-0.3, -0.25) is 0 Å². The van der Waals surface area contributed by atoms with Crippen LogP contribution in [0.25, 0.3) is 0 Å². The molecule has 2 aromatic carbocycles. The number of hydrogen-bond acceptors (Lipinski definition) is 3. The molecule has 27 heavy (non-hydrogen) atoms.